The highest BCUT2D eigenvalue weighted by atomic mass is 32.1. The first kappa shape index (κ1) is 4.73. The largest absolute Gasteiger partial charge is 0.144 e. The molecule has 54 valence electrons. The molecule has 0 radical (unpaired) electrons. The molecule has 11 heavy (non-hydrogen) atoms. The summed E-state index contributed by atoms with van der Waals surface area (Å²) in [7, 11) is 0. The van der Waals surface area contributed by atoms with Crippen LogP contribution in [0.3, 0.4) is 0 Å². The molecule has 0 amide bonds. The summed E-state index contributed by atoms with van der Waals surface area (Å²) in [6.07, 6.45) is 0. The summed E-state index contributed by atoms with van der Waals surface area (Å²) in [5.41, 5.74) is 0.850. The third-order valence-electron chi connectivity index (χ3n) is 1.43. The monoisotopic (exact) mass is 162 g/mol. The Labute approximate surface area is 72.9 Å². The van der Waals surface area contributed by atoms with Crippen LogP contribution < -0.4 is 0 Å². The molecule has 1 heterocycles. The molecule has 1 aromatic carbocycles. The molecule has 1 aromatic heterocycles. The van der Waals surface area contributed by atoms with Crippen LogP contribution in [-0.2, 0) is 0 Å². The summed E-state index contributed by atoms with van der Waals surface area (Å²) < 4.78 is 15.1. The highest BCUT2D eigenvalue weighted by Gasteiger charge is 1.93. The Morgan fingerprint density at radius 3 is 3.00 bits per heavy atom. The third kappa shape index (κ3) is 1.33. The van der Waals surface area contributed by atoms with Crippen LogP contribution in [0.2, 0.25) is 0 Å². The lowest BCUT2D eigenvalue weighted by molar-refractivity contribution is 1.70. The lowest BCUT2D eigenvalue weighted by Crippen LogP contribution is -1.67. The molecular formula is C10H8S. The quantitative estimate of drug-likeness (QED) is 0.602. The molecule has 0 aliphatic carbocycles. The van der Waals surface area contributed by atoms with E-state index in [0.29, 0.717) is 12.1 Å². The van der Waals surface area contributed by atoms with Crippen molar-refractivity contribution in [2.45, 2.75) is 0 Å². The van der Waals surface area contributed by atoms with Crippen molar-refractivity contribution in [1.29, 1.82) is 0 Å². The maximum Gasteiger partial charge on any atom is 0.0630 e. The molecule has 0 saturated heterocycles. The highest BCUT2D eigenvalue weighted by Crippen LogP contribution is 2.23. The van der Waals surface area contributed by atoms with Crippen molar-refractivity contribution < 1.29 is 2.74 Å². The van der Waals surface area contributed by atoms with Crippen molar-refractivity contribution >= 4 is 11.3 Å². The molecule has 0 aliphatic rings. The maximum atomic E-state index is 7.67. The Morgan fingerprint density at radius 1 is 1.18 bits per heavy atom. The lowest BCUT2D eigenvalue weighted by Gasteiger charge is -1.93. The zero-order chi connectivity index (χ0) is 9.26. The summed E-state index contributed by atoms with van der Waals surface area (Å²) in [4.78, 5) is 1.05. The van der Waals surface area contributed by atoms with Gasteiger partial charge in [-0.3, -0.25) is 0 Å². The topological polar surface area (TPSA) is 0 Å². The summed E-state index contributed by atoms with van der Waals surface area (Å²) in [6.45, 7) is 0. The number of hydrogen-bond acceptors (Lipinski definition) is 1. The fourth-order valence-corrected chi connectivity index (χ4v) is 1.63. The van der Waals surface area contributed by atoms with Gasteiger partial charge < -0.3 is 0 Å². The van der Waals surface area contributed by atoms with Crippen molar-refractivity contribution in [2.75, 3.05) is 0 Å². The van der Waals surface area contributed by atoms with E-state index < -0.39 is 0 Å². The van der Waals surface area contributed by atoms with Crippen LogP contribution in [0.15, 0.2) is 47.8 Å². The minimum absolute atomic E-state index is 0.458. The number of hydrogen-bond donors (Lipinski definition) is 0. The zero-order valence-electron chi connectivity index (χ0n) is 7.87. The van der Waals surface area contributed by atoms with Crippen LogP contribution in [0.4, 0.5) is 0 Å². The molecule has 0 N–H and O–H groups in total. The second kappa shape index (κ2) is 2.89. The molecule has 0 saturated carbocycles. The molecule has 1 heteroatoms. The smallest absolute Gasteiger partial charge is 0.0630 e. The lowest BCUT2D eigenvalue weighted by atomic mass is 10.2. The third-order valence-corrected chi connectivity index (χ3v) is 2.34. The van der Waals surface area contributed by atoms with E-state index in [1.807, 2.05) is 17.5 Å². The number of benzene rings is 1. The molecule has 2 rings (SSSR count). The molecule has 0 atom stereocenters. The van der Waals surface area contributed by atoms with Gasteiger partial charge in [0.15, 0.2) is 0 Å². The first-order valence-corrected chi connectivity index (χ1v) is 4.26. The number of rotatable bonds is 1. The average Bonchev–Trinajstić information content (AvgIpc) is 2.61. The fourth-order valence-electron chi connectivity index (χ4n) is 0.927. The first-order valence-electron chi connectivity index (χ1n) is 4.38. The molecule has 0 spiro atoms. The Balaban J connectivity index is 2.57. The molecule has 0 unspecified atom stereocenters. The summed E-state index contributed by atoms with van der Waals surface area (Å²) in [6, 6.07) is 9.90. The van der Waals surface area contributed by atoms with Gasteiger partial charge in [-0.15, -0.1) is 11.3 Å². The predicted octanol–water partition coefficient (Wildman–Crippen LogP) is 3.42. The first-order chi connectivity index (χ1) is 6.27. The van der Waals surface area contributed by atoms with E-state index in [1.54, 1.807) is 29.5 Å². The van der Waals surface area contributed by atoms with Crippen molar-refractivity contribution in [2.24, 2.45) is 0 Å². The second-order valence-electron chi connectivity index (χ2n) is 2.18. The van der Waals surface area contributed by atoms with Gasteiger partial charge in [0.2, 0.25) is 0 Å². The molecule has 2 aromatic rings. The van der Waals surface area contributed by atoms with Gasteiger partial charge in [-0.05, 0) is 17.0 Å². The summed E-state index contributed by atoms with van der Waals surface area (Å²) >= 11 is 1.60. The van der Waals surface area contributed by atoms with E-state index >= 15 is 0 Å². The van der Waals surface area contributed by atoms with Gasteiger partial charge in [0.05, 0.1) is 2.74 Å². The Hall–Kier alpha value is -1.08. The molecule has 0 fully saturated rings. The highest BCUT2D eigenvalue weighted by molar-refractivity contribution is 7.13. The van der Waals surface area contributed by atoms with Gasteiger partial charge in [-0.1, -0.05) is 36.4 Å². The van der Waals surface area contributed by atoms with E-state index in [-0.39, 0.29) is 0 Å². The van der Waals surface area contributed by atoms with E-state index in [9.17, 15) is 0 Å². The second-order valence-corrected chi connectivity index (χ2v) is 3.13. The maximum absolute atomic E-state index is 7.67. The Morgan fingerprint density at radius 2 is 2.18 bits per heavy atom. The van der Waals surface area contributed by atoms with Gasteiger partial charge >= 0.3 is 0 Å². The SMILES string of the molecule is [2H]c1ccc([2H])c(-c2cccs2)c1. The molecular weight excluding hydrogens is 152 g/mol. The molecule has 0 aliphatic heterocycles. The van der Waals surface area contributed by atoms with Crippen LogP contribution in [0, 0.1) is 0 Å². The zero-order valence-corrected chi connectivity index (χ0v) is 6.69. The molecule has 0 nitrogen and oxygen atoms in total. The predicted molar refractivity (Wildman–Crippen MR) is 49.8 cm³/mol. The van der Waals surface area contributed by atoms with Crippen molar-refractivity contribution in [1.82, 2.24) is 0 Å². The average molecular weight is 162 g/mol. The van der Waals surface area contributed by atoms with Gasteiger partial charge in [-0.2, -0.15) is 0 Å². The normalized spacial score (nSPS) is 12.4. The summed E-state index contributed by atoms with van der Waals surface area (Å²) in [5.74, 6) is 0. The van der Waals surface area contributed by atoms with E-state index in [0.717, 1.165) is 10.4 Å². The Bertz CT molecular complexity index is 407. The summed E-state index contributed by atoms with van der Waals surface area (Å²) in [5, 5.41) is 1.98. The Kier molecular flexibility index (Phi) is 1.24. The van der Waals surface area contributed by atoms with Gasteiger partial charge in [-0.25, -0.2) is 0 Å². The van der Waals surface area contributed by atoms with Crippen LogP contribution in [-0.4, -0.2) is 0 Å². The van der Waals surface area contributed by atoms with E-state index in [4.69, 9.17) is 2.74 Å². The van der Waals surface area contributed by atoms with Crippen LogP contribution in [0.5, 0.6) is 0 Å². The van der Waals surface area contributed by atoms with Crippen LogP contribution >= 0.6 is 11.3 Å². The minimum Gasteiger partial charge on any atom is -0.144 e. The van der Waals surface area contributed by atoms with E-state index in [2.05, 4.69) is 0 Å². The van der Waals surface area contributed by atoms with Gasteiger partial charge in [0.1, 0.15) is 0 Å². The van der Waals surface area contributed by atoms with Gasteiger partial charge in [0.25, 0.3) is 0 Å². The van der Waals surface area contributed by atoms with Crippen LogP contribution in [0.1, 0.15) is 2.74 Å². The molecule has 0 bridgehead atoms. The van der Waals surface area contributed by atoms with Crippen molar-refractivity contribution in [3.8, 4) is 10.4 Å². The van der Waals surface area contributed by atoms with Gasteiger partial charge in [0, 0.05) is 4.88 Å². The van der Waals surface area contributed by atoms with Crippen molar-refractivity contribution in [3.05, 3.63) is 47.8 Å². The standard InChI is InChI=1S/C10H8S/c1-2-5-9(6-3-1)10-7-4-8-11-10/h1-8H/i2D,6D. The minimum atomic E-state index is 0.458. The van der Waals surface area contributed by atoms with E-state index in [1.165, 1.54) is 0 Å². The van der Waals surface area contributed by atoms with Crippen LogP contribution in [0.25, 0.3) is 10.4 Å². The van der Waals surface area contributed by atoms with Crippen molar-refractivity contribution in [3.63, 3.8) is 0 Å². The fraction of sp³-hybridized carbons (Fsp3) is 0. The number of thiophene rings is 1.